The normalized spacial score (nSPS) is 14.8. The third kappa shape index (κ3) is 8.46. The van der Waals surface area contributed by atoms with Crippen LogP contribution in [0.25, 0.3) is 0 Å². The van der Waals surface area contributed by atoms with E-state index in [2.05, 4.69) is 49.0 Å². The zero-order chi connectivity index (χ0) is 22.2. The zero-order valence-electron chi connectivity index (χ0n) is 19.2. The Labute approximate surface area is 170 Å². The van der Waals surface area contributed by atoms with Gasteiger partial charge in [-0.05, 0) is 39.5 Å². The number of nitrogens with zero attached hydrogens (tertiary/aromatic N) is 2. The van der Waals surface area contributed by atoms with Crippen LogP contribution in [0.2, 0.25) is 0 Å². The summed E-state index contributed by atoms with van der Waals surface area (Å²) in [6.45, 7) is 19.6. The minimum absolute atomic E-state index is 0.0915. The van der Waals surface area contributed by atoms with Crippen molar-refractivity contribution in [1.29, 1.82) is 0 Å². The lowest BCUT2D eigenvalue weighted by Crippen LogP contribution is -2.57. The molecule has 0 aliphatic rings. The van der Waals surface area contributed by atoms with Crippen LogP contribution in [0, 0.1) is 17.8 Å². The maximum absolute atomic E-state index is 12.8. The van der Waals surface area contributed by atoms with Gasteiger partial charge in [0.25, 0.3) is 5.91 Å². The van der Waals surface area contributed by atoms with E-state index < -0.39 is 18.1 Å². The molecule has 0 aliphatic carbocycles. The van der Waals surface area contributed by atoms with Gasteiger partial charge in [0.05, 0.1) is 6.04 Å². The van der Waals surface area contributed by atoms with E-state index in [9.17, 15) is 14.7 Å². The molecule has 0 spiro atoms. The molecule has 0 rings (SSSR count). The van der Waals surface area contributed by atoms with E-state index in [-0.39, 0.29) is 23.9 Å². The van der Waals surface area contributed by atoms with Crippen LogP contribution in [0.5, 0.6) is 0 Å². The summed E-state index contributed by atoms with van der Waals surface area (Å²) >= 11 is 0. The second kappa shape index (κ2) is 11.9. The molecule has 0 bridgehead atoms. The van der Waals surface area contributed by atoms with E-state index in [1.165, 1.54) is 6.92 Å². The van der Waals surface area contributed by atoms with Crippen molar-refractivity contribution in [3.63, 3.8) is 0 Å². The lowest BCUT2D eigenvalue weighted by Gasteiger charge is -2.32. The largest absolute Gasteiger partial charge is 0.480 e. The topological polar surface area (TPSA) is 106 Å². The van der Waals surface area contributed by atoms with Crippen molar-refractivity contribution in [3.8, 4) is 0 Å². The third-order valence-corrected chi connectivity index (χ3v) is 4.40. The van der Waals surface area contributed by atoms with Gasteiger partial charge in [0, 0.05) is 18.0 Å². The number of amides is 1. The predicted octanol–water partition coefficient (Wildman–Crippen LogP) is 2.42. The Hall–Kier alpha value is -1.83. The second-order valence-corrected chi connectivity index (χ2v) is 8.68. The lowest BCUT2D eigenvalue weighted by molar-refractivity contribution is -0.153. The Bertz CT molecular complexity index is 524. The van der Waals surface area contributed by atoms with E-state index >= 15 is 0 Å². The summed E-state index contributed by atoms with van der Waals surface area (Å²) in [5, 5.41) is 21.5. The van der Waals surface area contributed by atoms with Crippen LogP contribution < -0.4 is 16.2 Å². The molecule has 1 amide bonds. The SMILES string of the molecule is CC(C)N/C(=N/NN(C(=O)[C@@H](C)NC(C)C)[C@H](C)C(=O)O)C(C(C)C)C(C)C. The van der Waals surface area contributed by atoms with Crippen LogP contribution in [0.4, 0.5) is 0 Å². The molecule has 8 heteroatoms. The van der Waals surface area contributed by atoms with Crippen LogP contribution >= 0.6 is 0 Å². The molecule has 0 aliphatic heterocycles. The molecule has 2 atom stereocenters. The van der Waals surface area contributed by atoms with E-state index in [1.54, 1.807) is 6.92 Å². The van der Waals surface area contributed by atoms with Crippen molar-refractivity contribution < 1.29 is 14.7 Å². The molecule has 0 saturated carbocycles. The molecule has 164 valence electrons. The first kappa shape index (κ1) is 26.2. The van der Waals surface area contributed by atoms with Crippen molar-refractivity contribution in [1.82, 2.24) is 21.2 Å². The van der Waals surface area contributed by atoms with Crippen molar-refractivity contribution in [2.45, 2.75) is 93.4 Å². The van der Waals surface area contributed by atoms with Crippen LogP contribution in [0.1, 0.15) is 69.2 Å². The van der Waals surface area contributed by atoms with E-state index in [1.807, 2.05) is 27.7 Å². The average Bonchev–Trinajstić information content (AvgIpc) is 2.52. The van der Waals surface area contributed by atoms with Crippen LogP contribution in [-0.2, 0) is 9.59 Å². The quantitative estimate of drug-likeness (QED) is 0.242. The summed E-state index contributed by atoms with van der Waals surface area (Å²) in [5.74, 6) is 0.0409. The summed E-state index contributed by atoms with van der Waals surface area (Å²) < 4.78 is 0. The fourth-order valence-corrected chi connectivity index (χ4v) is 3.22. The zero-order valence-corrected chi connectivity index (χ0v) is 19.2. The Morgan fingerprint density at radius 2 is 1.36 bits per heavy atom. The van der Waals surface area contributed by atoms with Crippen molar-refractivity contribution >= 4 is 17.7 Å². The number of carbonyl (C=O) groups excluding carboxylic acids is 1. The maximum atomic E-state index is 12.8. The standard InChI is InChI=1S/C20H41N5O3/c1-11(2)17(12(3)4)18(22-14(7)8)23-24-25(16(10)20(27)28)19(26)15(9)21-13(5)6/h11-17,21,24H,1-10H3,(H,22,23)(H,27,28)/t15-,16-/m1/s1. The highest BCUT2D eigenvalue weighted by molar-refractivity contribution is 5.87. The highest BCUT2D eigenvalue weighted by Crippen LogP contribution is 2.21. The molecule has 8 nitrogen and oxygen atoms in total. The van der Waals surface area contributed by atoms with Crippen molar-refractivity contribution in [2.75, 3.05) is 0 Å². The molecule has 0 aromatic carbocycles. The smallest absolute Gasteiger partial charge is 0.328 e. The first-order valence-electron chi connectivity index (χ1n) is 10.2. The van der Waals surface area contributed by atoms with Gasteiger partial charge in [0.1, 0.15) is 11.9 Å². The van der Waals surface area contributed by atoms with Gasteiger partial charge in [-0.1, -0.05) is 41.5 Å². The van der Waals surface area contributed by atoms with Crippen molar-refractivity contribution in [2.24, 2.45) is 22.9 Å². The highest BCUT2D eigenvalue weighted by Gasteiger charge is 2.30. The molecule has 28 heavy (non-hydrogen) atoms. The number of rotatable bonds is 11. The number of hydrogen-bond acceptors (Lipinski definition) is 5. The summed E-state index contributed by atoms with van der Waals surface area (Å²) in [6.07, 6.45) is 0. The summed E-state index contributed by atoms with van der Waals surface area (Å²) in [5.41, 5.74) is 2.74. The van der Waals surface area contributed by atoms with Crippen LogP contribution in [0.15, 0.2) is 5.10 Å². The summed E-state index contributed by atoms with van der Waals surface area (Å²) in [4.78, 5) is 24.4. The number of hydrazone groups is 1. The highest BCUT2D eigenvalue weighted by atomic mass is 16.4. The minimum Gasteiger partial charge on any atom is -0.480 e. The van der Waals surface area contributed by atoms with Gasteiger partial charge < -0.3 is 15.7 Å². The molecule has 0 heterocycles. The van der Waals surface area contributed by atoms with Gasteiger partial charge in [-0.3, -0.25) is 4.79 Å². The van der Waals surface area contributed by atoms with Gasteiger partial charge in [-0.15, -0.1) is 5.10 Å². The fraction of sp³-hybridized carbons (Fsp3) is 0.850. The Balaban J connectivity index is 5.82. The summed E-state index contributed by atoms with van der Waals surface area (Å²) in [6, 6.07) is -1.36. The molecule has 0 fully saturated rings. The van der Waals surface area contributed by atoms with E-state index in [0.717, 1.165) is 10.8 Å². The number of hydrogen-bond donors (Lipinski definition) is 4. The number of carbonyl (C=O) groups is 2. The van der Waals surface area contributed by atoms with Crippen LogP contribution in [0.3, 0.4) is 0 Å². The van der Waals surface area contributed by atoms with Gasteiger partial charge >= 0.3 is 5.97 Å². The molecule has 0 saturated heterocycles. The monoisotopic (exact) mass is 399 g/mol. The number of nitrogens with one attached hydrogen (secondary N) is 3. The van der Waals surface area contributed by atoms with Gasteiger partial charge in [-0.25, -0.2) is 15.3 Å². The minimum atomic E-state index is -1.10. The van der Waals surface area contributed by atoms with Gasteiger partial charge in [-0.2, -0.15) is 0 Å². The van der Waals surface area contributed by atoms with E-state index in [4.69, 9.17) is 0 Å². The van der Waals surface area contributed by atoms with Crippen LogP contribution in [-0.4, -0.2) is 52.0 Å². The Morgan fingerprint density at radius 1 is 0.857 bits per heavy atom. The number of carboxylic acids is 1. The predicted molar refractivity (Wildman–Crippen MR) is 114 cm³/mol. The van der Waals surface area contributed by atoms with Gasteiger partial charge in [0.15, 0.2) is 0 Å². The molecule has 0 aromatic rings. The molecule has 0 unspecified atom stereocenters. The number of aliphatic carboxylic acids is 1. The molecule has 0 aromatic heterocycles. The first-order valence-corrected chi connectivity index (χ1v) is 10.2. The molecular formula is C20H41N5O3. The number of carboxylic acid groups (broad SMARTS) is 1. The van der Waals surface area contributed by atoms with Crippen molar-refractivity contribution in [3.05, 3.63) is 0 Å². The number of amidine groups is 1. The summed E-state index contributed by atoms with van der Waals surface area (Å²) in [7, 11) is 0. The lowest BCUT2D eigenvalue weighted by atomic mass is 9.84. The fourth-order valence-electron chi connectivity index (χ4n) is 3.22. The Kier molecular flexibility index (Phi) is 11.1. The molecule has 4 N–H and O–H groups in total. The van der Waals surface area contributed by atoms with Gasteiger partial charge in [0.2, 0.25) is 0 Å². The maximum Gasteiger partial charge on any atom is 0.328 e. The number of hydrazine groups is 1. The second-order valence-electron chi connectivity index (χ2n) is 8.68. The first-order chi connectivity index (χ1) is 12.8. The Morgan fingerprint density at radius 3 is 1.71 bits per heavy atom. The average molecular weight is 400 g/mol. The van der Waals surface area contributed by atoms with E-state index in [0.29, 0.717) is 11.8 Å². The molecule has 0 radical (unpaired) electrons. The molecular weight excluding hydrogens is 358 g/mol. The third-order valence-electron chi connectivity index (χ3n) is 4.40.